The smallest absolute Gasteiger partial charge is 0.212 e. The minimum absolute atomic E-state index is 0.514. The summed E-state index contributed by atoms with van der Waals surface area (Å²) in [4.78, 5) is 19.2. The molecule has 0 aliphatic carbocycles. The number of aryl methyl sites for hydroxylation is 1. The highest BCUT2D eigenvalue weighted by Crippen LogP contribution is 2.23. The van der Waals surface area contributed by atoms with Crippen molar-refractivity contribution >= 4 is 22.4 Å². The molecule has 1 N–H and O–H groups in total. The lowest BCUT2D eigenvalue weighted by atomic mass is 10.1. The van der Waals surface area contributed by atoms with Crippen LogP contribution in [0.2, 0.25) is 0 Å². The van der Waals surface area contributed by atoms with Crippen molar-refractivity contribution in [1.82, 2.24) is 24.8 Å². The molecule has 4 heterocycles. The van der Waals surface area contributed by atoms with Gasteiger partial charge < -0.3 is 10.1 Å². The highest BCUT2D eigenvalue weighted by molar-refractivity contribution is 5.90. The van der Waals surface area contributed by atoms with E-state index in [0.29, 0.717) is 11.5 Å². The molecule has 1 saturated heterocycles. The first-order valence-electron chi connectivity index (χ1n) is 9.06. The summed E-state index contributed by atoms with van der Waals surface area (Å²) in [5, 5.41) is 4.07. The van der Waals surface area contributed by atoms with E-state index < -0.39 is 5.95 Å². The van der Waals surface area contributed by atoms with Crippen LogP contribution in [0.1, 0.15) is 12.1 Å². The van der Waals surface area contributed by atoms with Crippen molar-refractivity contribution in [3.8, 4) is 0 Å². The monoisotopic (exact) mass is 368 g/mol. The Hall–Kier alpha value is -2.71. The van der Waals surface area contributed by atoms with Gasteiger partial charge in [-0.15, -0.1) is 0 Å². The van der Waals surface area contributed by atoms with Crippen molar-refractivity contribution < 1.29 is 9.13 Å². The Morgan fingerprint density at radius 1 is 1.07 bits per heavy atom. The standard InChI is InChI=1S/C19H21FN6O/c20-18-4-3-15(11-22-18)25-19-16-10-14(21-12-17(16)23-13-24-19)2-1-5-26-6-8-27-9-7-26/h3-4,10-13H,1-2,5-9H2,(H,23,24,25). The normalized spacial score (nSPS) is 15.1. The fourth-order valence-corrected chi connectivity index (χ4v) is 3.13. The molecular formula is C19H21FN6O. The zero-order valence-corrected chi connectivity index (χ0v) is 14.9. The van der Waals surface area contributed by atoms with Crippen LogP contribution < -0.4 is 5.32 Å². The molecular weight excluding hydrogens is 347 g/mol. The number of pyridine rings is 2. The lowest BCUT2D eigenvalue weighted by Gasteiger charge is -2.26. The molecule has 4 rings (SSSR count). The van der Waals surface area contributed by atoms with Crippen LogP contribution in [-0.4, -0.2) is 57.7 Å². The van der Waals surface area contributed by atoms with E-state index >= 15 is 0 Å². The van der Waals surface area contributed by atoms with E-state index in [4.69, 9.17) is 4.74 Å². The maximum Gasteiger partial charge on any atom is 0.212 e. The van der Waals surface area contributed by atoms with Crippen molar-refractivity contribution in [2.75, 3.05) is 38.2 Å². The second kappa shape index (κ2) is 8.32. The number of rotatable bonds is 6. The van der Waals surface area contributed by atoms with Gasteiger partial charge in [-0.3, -0.25) is 9.88 Å². The number of anilines is 2. The first-order chi connectivity index (χ1) is 13.3. The third-order valence-electron chi connectivity index (χ3n) is 4.58. The molecule has 1 aliphatic heterocycles. The summed E-state index contributed by atoms with van der Waals surface area (Å²) in [6, 6.07) is 4.96. The van der Waals surface area contributed by atoms with Gasteiger partial charge in [0.15, 0.2) is 0 Å². The van der Waals surface area contributed by atoms with Crippen LogP contribution in [0.4, 0.5) is 15.9 Å². The van der Waals surface area contributed by atoms with Gasteiger partial charge >= 0.3 is 0 Å². The van der Waals surface area contributed by atoms with Gasteiger partial charge in [-0.25, -0.2) is 15.0 Å². The lowest BCUT2D eigenvalue weighted by Crippen LogP contribution is -2.36. The van der Waals surface area contributed by atoms with Gasteiger partial charge in [0.25, 0.3) is 0 Å². The predicted octanol–water partition coefficient (Wildman–Crippen LogP) is 2.57. The first kappa shape index (κ1) is 17.7. The van der Waals surface area contributed by atoms with Crippen molar-refractivity contribution in [1.29, 1.82) is 0 Å². The van der Waals surface area contributed by atoms with E-state index in [9.17, 15) is 4.39 Å². The van der Waals surface area contributed by atoms with Crippen LogP contribution in [-0.2, 0) is 11.2 Å². The molecule has 0 radical (unpaired) electrons. The van der Waals surface area contributed by atoms with E-state index in [1.54, 1.807) is 12.3 Å². The van der Waals surface area contributed by atoms with Gasteiger partial charge in [-0.2, -0.15) is 4.39 Å². The SMILES string of the molecule is Fc1ccc(Nc2ncnc3cnc(CCCN4CCOCC4)cc23)cn1. The molecule has 0 spiro atoms. The van der Waals surface area contributed by atoms with Crippen LogP contribution in [0, 0.1) is 5.95 Å². The van der Waals surface area contributed by atoms with Gasteiger partial charge in [0.05, 0.1) is 36.8 Å². The van der Waals surface area contributed by atoms with Crippen LogP contribution >= 0.6 is 0 Å². The number of aromatic nitrogens is 4. The Balaban J connectivity index is 1.47. The maximum absolute atomic E-state index is 13.0. The van der Waals surface area contributed by atoms with Crippen LogP contribution in [0.25, 0.3) is 10.9 Å². The van der Waals surface area contributed by atoms with Gasteiger partial charge in [-0.1, -0.05) is 0 Å². The number of nitrogens with zero attached hydrogens (tertiary/aromatic N) is 5. The maximum atomic E-state index is 13.0. The van der Waals surface area contributed by atoms with E-state index in [0.717, 1.165) is 62.3 Å². The topological polar surface area (TPSA) is 76.1 Å². The molecule has 27 heavy (non-hydrogen) atoms. The zero-order chi connectivity index (χ0) is 18.5. The zero-order valence-electron chi connectivity index (χ0n) is 14.9. The second-order valence-corrected chi connectivity index (χ2v) is 6.47. The molecule has 1 fully saturated rings. The van der Waals surface area contributed by atoms with E-state index in [2.05, 4.69) is 30.2 Å². The van der Waals surface area contributed by atoms with Gasteiger partial charge in [0.1, 0.15) is 12.1 Å². The Labute approximate surface area is 156 Å². The Morgan fingerprint density at radius 3 is 2.78 bits per heavy atom. The molecule has 7 nitrogen and oxygen atoms in total. The third kappa shape index (κ3) is 4.53. The Morgan fingerprint density at radius 2 is 1.96 bits per heavy atom. The van der Waals surface area contributed by atoms with Gasteiger partial charge in [0.2, 0.25) is 5.95 Å². The summed E-state index contributed by atoms with van der Waals surface area (Å²) < 4.78 is 18.4. The number of morpholine rings is 1. The largest absolute Gasteiger partial charge is 0.379 e. The molecule has 8 heteroatoms. The fraction of sp³-hybridized carbons (Fsp3) is 0.368. The van der Waals surface area contributed by atoms with Gasteiger partial charge in [-0.05, 0) is 37.6 Å². The number of nitrogens with one attached hydrogen (secondary N) is 1. The van der Waals surface area contributed by atoms with Crippen LogP contribution in [0.15, 0.2) is 36.9 Å². The first-order valence-corrected chi connectivity index (χ1v) is 9.06. The quantitative estimate of drug-likeness (QED) is 0.670. The Kier molecular flexibility index (Phi) is 5.45. The molecule has 3 aromatic rings. The molecule has 0 amide bonds. The molecule has 1 aliphatic rings. The van der Waals surface area contributed by atoms with E-state index in [1.807, 2.05) is 6.07 Å². The molecule has 0 atom stereocenters. The van der Waals surface area contributed by atoms with Crippen LogP contribution in [0.3, 0.4) is 0 Å². The number of halogens is 1. The van der Waals surface area contributed by atoms with E-state index in [1.165, 1.54) is 18.6 Å². The average Bonchev–Trinajstić information content (AvgIpc) is 2.71. The Bertz CT molecular complexity index is 898. The van der Waals surface area contributed by atoms with Crippen molar-refractivity contribution in [3.63, 3.8) is 0 Å². The fourth-order valence-electron chi connectivity index (χ4n) is 3.13. The molecule has 0 bridgehead atoms. The summed E-state index contributed by atoms with van der Waals surface area (Å²) in [5.41, 5.74) is 2.44. The summed E-state index contributed by atoms with van der Waals surface area (Å²) >= 11 is 0. The lowest BCUT2D eigenvalue weighted by molar-refractivity contribution is 0.0374. The van der Waals surface area contributed by atoms with E-state index in [-0.39, 0.29) is 0 Å². The summed E-state index contributed by atoms with van der Waals surface area (Å²) in [7, 11) is 0. The molecule has 0 saturated carbocycles. The number of hydrogen-bond donors (Lipinski definition) is 1. The molecule has 3 aromatic heterocycles. The highest BCUT2D eigenvalue weighted by Gasteiger charge is 2.11. The summed E-state index contributed by atoms with van der Waals surface area (Å²) in [6.45, 7) is 4.68. The predicted molar refractivity (Wildman–Crippen MR) is 100 cm³/mol. The minimum atomic E-state index is -0.514. The van der Waals surface area contributed by atoms with Crippen LogP contribution in [0.5, 0.6) is 0 Å². The third-order valence-corrected chi connectivity index (χ3v) is 4.58. The molecule has 140 valence electrons. The number of ether oxygens (including phenoxy) is 1. The van der Waals surface area contributed by atoms with Gasteiger partial charge in [0, 0.05) is 24.2 Å². The minimum Gasteiger partial charge on any atom is -0.379 e. The summed E-state index contributed by atoms with van der Waals surface area (Å²) in [6.07, 6.45) is 6.63. The highest BCUT2D eigenvalue weighted by atomic mass is 19.1. The van der Waals surface area contributed by atoms with Crippen molar-refractivity contribution in [2.45, 2.75) is 12.8 Å². The number of fused-ring (bicyclic) bond motifs is 1. The molecule has 0 aromatic carbocycles. The average molecular weight is 368 g/mol. The summed E-state index contributed by atoms with van der Waals surface area (Å²) in [5.74, 6) is 0.144. The van der Waals surface area contributed by atoms with Crippen molar-refractivity contribution in [3.05, 3.63) is 48.6 Å². The van der Waals surface area contributed by atoms with Crippen molar-refractivity contribution in [2.24, 2.45) is 0 Å². The molecule has 0 unspecified atom stereocenters. The second-order valence-electron chi connectivity index (χ2n) is 6.47. The number of hydrogen-bond acceptors (Lipinski definition) is 7.